The minimum atomic E-state index is -3.60. The van der Waals surface area contributed by atoms with E-state index >= 15 is 0 Å². The summed E-state index contributed by atoms with van der Waals surface area (Å²) >= 11 is 0. The first-order chi connectivity index (χ1) is 12.6. The van der Waals surface area contributed by atoms with Crippen LogP contribution in [0.3, 0.4) is 0 Å². The molecule has 0 bridgehead atoms. The van der Waals surface area contributed by atoms with Crippen LogP contribution in [0.1, 0.15) is 19.8 Å². The number of hydrogen-bond acceptors (Lipinski definition) is 3. The van der Waals surface area contributed by atoms with Crippen molar-refractivity contribution < 1.29 is 13.4 Å². The summed E-state index contributed by atoms with van der Waals surface area (Å²) in [5.74, 6) is 0.555. The molecule has 1 saturated heterocycles. The van der Waals surface area contributed by atoms with Crippen LogP contribution in [0.25, 0.3) is 10.9 Å². The smallest absolute Gasteiger partial charge is 0.214 e. The Morgan fingerprint density at radius 2 is 1.77 bits per heavy atom. The first-order valence-corrected chi connectivity index (χ1v) is 10.5. The molecular formula is C21H23N2O2S+. The molecular weight excluding hydrogens is 344 g/mol. The third-order valence-electron chi connectivity index (χ3n) is 5.09. The lowest BCUT2D eigenvalue weighted by molar-refractivity contribution is -0.347. The zero-order valence-electron chi connectivity index (χ0n) is 14.9. The molecule has 4 nitrogen and oxygen atoms in total. The second-order valence-electron chi connectivity index (χ2n) is 7.06. The maximum atomic E-state index is 13.4. The quantitative estimate of drug-likeness (QED) is 0.709. The fourth-order valence-corrected chi connectivity index (χ4v) is 5.29. The van der Waals surface area contributed by atoms with Gasteiger partial charge in [0, 0.05) is 19.2 Å². The first-order valence-electron chi connectivity index (χ1n) is 9.06. The fourth-order valence-electron chi connectivity index (χ4n) is 3.81. The largest absolute Gasteiger partial charge is 0.369 e. The predicted molar refractivity (Wildman–Crippen MR) is 103 cm³/mol. The summed E-state index contributed by atoms with van der Waals surface area (Å²) in [7, 11) is -3.60. The molecule has 0 unspecified atom stereocenters. The van der Waals surface area contributed by atoms with Crippen LogP contribution in [0.2, 0.25) is 0 Å². The Bertz CT molecular complexity index is 1030. The molecule has 0 radical (unpaired) electrons. The van der Waals surface area contributed by atoms with E-state index in [2.05, 4.69) is 16.8 Å². The number of aromatic amines is 1. The van der Waals surface area contributed by atoms with Crippen LogP contribution < -0.4 is 9.88 Å². The Hall–Kier alpha value is -2.40. The van der Waals surface area contributed by atoms with Crippen LogP contribution >= 0.6 is 0 Å². The predicted octanol–water partition coefficient (Wildman–Crippen LogP) is 3.72. The number of hydrogen-bond donors (Lipinski definition) is 0. The fraction of sp³-hybridized carbons (Fsp3) is 0.286. The van der Waals surface area contributed by atoms with Crippen LogP contribution in [-0.4, -0.2) is 21.5 Å². The van der Waals surface area contributed by atoms with Crippen molar-refractivity contribution in [3.05, 3.63) is 60.8 Å². The van der Waals surface area contributed by atoms with Crippen LogP contribution in [0.5, 0.6) is 0 Å². The maximum absolute atomic E-state index is 13.4. The zero-order valence-corrected chi connectivity index (χ0v) is 15.7. The highest BCUT2D eigenvalue weighted by molar-refractivity contribution is 7.91. The highest BCUT2D eigenvalue weighted by atomic mass is 32.2. The van der Waals surface area contributed by atoms with Crippen molar-refractivity contribution in [1.29, 1.82) is 0 Å². The number of piperidine rings is 1. The van der Waals surface area contributed by atoms with Gasteiger partial charge in [0.25, 0.3) is 0 Å². The summed E-state index contributed by atoms with van der Waals surface area (Å²) in [6.45, 7) is 4.00. The number of rotatable bonds is 3. The molecule has 4 rings (SSSR count). The van der Waals surface area contributed by atoms with Gasteiger partial charge < -0.3 is 4.90 Å². The summed E-state index contributed by atoms with van der Waals surface area (Å²) < 4.78 is 26.8. The highest BCUT2D eigenvalue weighted by Crippen LogP contribution is 2.36. The van der Waals surface area contributed by atoms with Crippen molar-refractivity contribution in [2.24, 2.45) is 5.92 Å². The lowest BCUT2D eigenvalue weighted by Crippen LogP contribution is -2.35. The standard InChI is InChI=1S/C21H22N2O2S/c1-16-8-7-13-23(15-16)21-18-11-5-6-12-19(18)22-14-20(21)26(24,25)17-9-3-2-4-10-17/h2-6,9-12,14,16H,7-8,13,15H2,1H3/p+1/t16-/m0/s1. The molecule has 0 amide bonds. The Morgan fingerprint density at radius 3 is 2.54 bits per heavy atom. The van der Waals surface area contributed by atoms with E-state index in [1.807, 2.05) is 30.3 Å². The van der Waals surface area contributed by atoms with Gasteiger partial charge in [-0.15, -0.1) is 0 Å². The van der Waals surface area contributed by atoms with E-state index in [0.29, 0.717) is 15.7 Å². The van der Waals surface area contributed by atoms with Crippen molar-refractivity contribution in [1.82, 2.24) is 0 Å². The van der Waals surface area contributed by atoms with Gasteiger partial charge in [-0.25, -0.2) is 13.4 Å². The van der Waals surface area contributed by atoms with Crippen molar-refractivity contribution in [3.8, 4) is 0 Å². The molecule has 3 aromatic rings. The number of aromatic nitrogens is 1. The third-order valence-corrected chi connectivity index (χ3v) is 6.87. The van der Waals surface area contributed by atoms with E-state index < -0.39 is 9.84 Å². The molecule has 2 heterocycles. The first kappa shape index (κ1) is 17.0. The minimum absolute atomic E-state index is 0.329. The molecule has 2 aromatic carbocycles. The summed E-state index contributed by atoms with van der Waals surface area (Å²) in [5.41, 5.74) is 1.78. The average Bonchev–Trinajstić information content (AvgIpc) is 2.67. The number of pyridine rings is 1. The molecule has 5 heteroatoms. The molecule has 0 spiro atoms. The number of H-pyrrole nitrogens is 1. The number of fused-ring (bicyclic) bond motifs is 1. The van der Waals surface area contributed by atoms with Gasteiger partial charge in [0.2, 0.25) is 15.4 Å². The molecule has 1 aromatic heterocycles. The number of nitrogens with zero attached hydrogens (tertiary/aromatic N) is 1. The van der Waals surface area contributed by atoms with Gasteiger partial charge >= 0.3 is 0 Å². The van der Waals surface area contributed by atoms with E-state index in [9.17, 15) is 8.42 Å². The van der Waals surface area contributed by atoms with Gasteiger partial charge in [-0.05, 0) is 37.0 Å². The van der Waals surface area contributed by atoms with Gasteiger partial charge in [-0.1, -0.05) is 37.3 Å². The number of sulfone groups is 1. The van der Waals surface area contributed by atoms with Crippen LogP contribution in [0.15, 0.2) is 70.6 Å². The molecule has 1 aliphatic rings. The minimum Gasteiger partial charge on any atom is -0.369 e. The molecule has 1 atom stereocenters. The lowest BCUT2D eigenvalue weighted by Gasteiger charge is -2.34. The van der Waals surface area contributed by atoms with Crippen molar-refractivity contribution in [2.45, 2.75) is 29.6 Å². The third kappa shape index (κ3) is 2.97. The molecule has 0 aliphatic carbocycles. The molecule has 1 N–H and O–H groups in total. The average molecular weight is 367 g/mol. The van der Waals surface area contributed by atoms with Crippen LogP contribution in [0.4, 0.5) is 5.69 Å². The van der Waals surface area contributed by atoms with E-state index in [0.717, 1.165) is 36.1 Å². The second kappa shape index (κ2) is 6.72. The van der Waals surface area contributed by atoms with Crippen molar-refractivity contribution >= 4 is 26.4 Å². The van der Waals surface area contributed by atoms with Crippen molar-refractivity contribution in [3.63, 3.8) is 0 Å². The van der Waals surface area contributed by atoms with Crippen molar-refractivity contribution in [2.75, 3.05) is 18.0 Å². The number of anilines is 1. The summed E-state index contributed by atoms with van der Waals surface area (Å²) in [6.07, 6.45) is 3.92. The molecule has 26 heavy (non-hydrogen) atoms. The van der Waals surface area contributed by atoms with E-state index in [4.69, 9.17) is 0 Å². The zero-order chi connectivity index (χ0) is 18.1. The normalized spacial score (nSPS) is 18.2. The topological polar surface area (TPSA) is 51.5 Å². The summed E-state index contributed by atoms with van der Waals surface area (Å²) in [4.78, 5) is 6.12. The number of para-hydroxylation sites is 1. The lowest BCUT2D eigenvalue weighted by atomic mass is 9.99. The van der Waals surface area contributed by atoms with E-state index in [-0.39, 0.29) is 0 Å². The van der Waals surface area contributed by atoms with Gasteiger partial charge in [0.05, 0.1) is 16.0 Å². The van der Waals surface area contributed by atoms with Gasteiger partial charge in [-0.3, -0.25) is 0 Å². The number of benzene rings is 2. The van der Waals surface area contributed by atoms with E-state index in [1.54, 1.807) is 30.5 Å². The van der Waals surface area contributed by atoms with Gasteiger partial charge in [-0.2, -0.15) is 0 Å². The molecule has 1 fully saturated rings. The van der Waals surface area contributed by atoms with E-state index in [1.165, 1.54) is 6.42 Å². The molecule has 0 saturated carbocycles. The Morgan fingerprint density at radius 1 is 1.04 bits per heavy atom. The van der Waals surface area contributed by atoms with Crippen LogP contribution in [-0.2, 0) is 9.84 Å². The van der Waals surface area contributed by atoms with Gasteiger partial charge in [0.1, 0.15) is 0 Å². The van der Waals surface area contributed by atoms with Gasteiger partial charge in [0.15, 0.2) is 11.1 Å². The summed E-state index contributed by atoms with van der Waals surface area (Å²) in [5, 5.41) is 0.957. The highest BCUT2D eigenvalue weighted by Gasteiger charge is 2.30. The van der Waals surface area contributed by atoms with Crippen LogP contribution in [0, 0.1) is 5.92 Å². The second-order valence-corrected chi connectivity index (χ2v) is 8.98. The Kier molecular flexibility index (Phi) is 4.41. The Balaban J connectivity index is 1.96. The summed E-state index contributed by atoms with van der Waals surface area (Å²) in [6, 6.07) is 16.6. The molecule has 1 aliphatic heterocycles. The Labute approximate surface area is 154 Å². The molecule has 134 valence electrons. The SMILES string of the molecule is C[C@H]1CCCN(c2c(S(=O)(=O)c3ccccc3)c[nH+]c3ccccc23)C1. The number of nitrogens with one attached hydrogen (secondary N) is 1. The monoisotopic (exact) mass is 367 g/mol. The maximum Gasteiger partial charge on any atom is 0.214 e.